The van der Waals surface area contributed by atoms with Crippen molar-refractivity contribution in [1.29, 1.82) is 0 Å². The highest BCUT2D eigenvalue weighted by Gasteiger charge is 2.12. The van der Waals surface area contributed by atoms with E-state index in [1.54, 1.807) is 0 Å². The quantitative estimate of drug-likeness (QED) is 0.699. The van der Waals surface area contributed by atoms with E-state index in [4.69, 9.17) is 0 Å². The number of hydrogen-bond donors (Lipinski definition) is 0. The van der Waals surface area contributed by atoms with Gasteiger partial charge in [-0.05, 0) is 17.5 Å². The van der Waals surface area contributed by atoms with Gasteiger partial charge in [0.15, 0.2) is 0 Å². The summed E-state index contributed by atoms with van der Waals surface area (Å²) in [6.07, 6.45) is 1.24. The average molecular weight is 197 g/mol. The van der Waals surface area contributed by atoms with Gasteiger partial charge in [0.1, 0.15) is 0 Å². The maximum atomic E-state index is 4.44. The van der Waals surface area contributed by atoms with Crippen LogP contribution in [0.4, 0.5) is 0 Å². The number of fused-ring (bicyclic) bond motifs is 1. The molecular weight excluding hydrogens is 182 g/mol. The van der Waals surface area contributed by atoms with E-state index in [1.807, 2.05) is 0 Å². The highest BCUT2D eigenvalue weighted by atomic mass is 17.2. The van der Waals surface area contributed by atoms with E-state index < -0.39 is 0 Å². The molecule has 0 fully saturated rings. The van der Waals surface area contributed by atoms with Gasteiger partial charge in [0.05, 0.1) is 26.7 Å². The zero-order valence-electron chi connectivity index (χ0n) is 8.69. The molecule has 4 heteroatoms. The Morgan fingerprint density at radius 1 is 0.929 bits per heavy atom. The van der Waals surface area contributed by atoms with Crippen LogP contribution in [0.15, 0.2) is 24.3 Å². The van der Waals surface area contributed by atoms with E-state index in [0.717, 1.165) is 5.39 Å². The van der Waals surface area contributed by atoms with E-state index >= 15 is 0 Å². The van der Waals surface area contributed by atoms with Crippen LogP contribution in [-0.2, 0) is 20.9 Å². The van der Waals surface area contributed by atoms with Crippen LogP contribution in [0.3, 0.4) is 0 Å². The first-order chi connectivity index (χ1) is 6.81. The van der Waals surface area contributed by atoms with Crippen molar-refractivity contribution in [3.63, 3.8) is 0 Å². The molecule has 1 aliphatic rings. The summed E-state index contributed by atoms with van der Waals surface area (Å²) in [5, 5.41) is 0.875. The lowest BCUT2D eigenvalue weighted by atomic mass is 10.4. The van der Waals surface area contributed by atoms with Crippen LogP contribution < -0.4 is 0 Å². The molecule has 0 amide bonds. The lowest BCUT2D eigenvalue weighted by Crippen LogP contribution is -2.18. The third-order valence-electron chi connectivity index (χ3n) is 1.82. The fourth-order valence-corrected chi connectivity index (χ4v) is 1.06. The molecule has 0 saturated heterocycles. The summed E-state index contributed by atoms with van der Waals surface area (Å²) in [4.78, 5) is 13.3. The van der Waals surface area contributed by atoms with E-state index in [1.165, 1.54) is 38.9 Å². The van der Waals surface area contributed by atoms with Gasteiger partial charge in [0.25, 0.3) is 0 Å². The normalized spacial score (nSPS) is 11.7. The average Bonchev–Trinajstić information content (AvgIpc) is 3.00. The minimum absolute atomic E-state index is 0.875. The summed E-state index contributed by atoms with van der Waals surface area (Å²) in [6.45, 7) is 0. The number of nitrogens with zero attached hydrogens (tertiary/aromatic N) is 1. The van der Waals surface area contributed by atoms with Crippen LogP contribution in [0.5, 0.6) is 0 Å². The molecule has 0 saturated carbocycles. The summed E-state index contributed by atoms with van der Waals surface area (Å²) in [7, 11) is 4.31. The van der Waals surface area contributed by atoms with Crippen molar-refractivity contribution < 1.29 is 14.5 Å². The molecule has 0 atom stereocenters. The maximum Gasteiger partial charge on any atom is 0.0758 e. The number of benzene rings is 1. The van der Waals surface area contributed by atoms with Crippen molar-refractivity contribution in [1.82, 2.24) is 5.39 Å². The minimum Gasteiger partial charge on any atom is -0.254 e. The lowest BCUT2D eigenvalue weighted by Gasteiger charge is -2.10. The molecule has 4 nitrogen and oxygen atoms in total. The maximum absolute atomic E-state index is 4.44. The molecule has 0 N–H and O–H groups in total. The number of rotatable bonds is 3. The van der Waals surface area contributed by atoms with Gasteiger partial charge in [-0.1, -0.05) is 24.3 Å². The smallest absolute Gasteiger partial charge is 0.0758 e. The Labute approximate surface area is 83.9 Å². The van der Waals surface area contributed by atoms with Crippen molar-refractivity contribution in [3.05, 3.63) is 35.4 Å². The Hall–Kier alpha value is -0.940. The van der Waals surface area contributed by atoms with Crippen LogP contribution in [-0.4, -0.2) is 26.7 Å². The van der Waals surface area contributed by atoms with Crippen molar-refractivity contribution in [2.75, 3.05) is 21.3 Å². The zero-order valence-corrected chi connectivity index (χ0v) is 8.69. The van der Waals surface area contributed by atoms with Crippen LogP contribution in [0.2, 0.25) is 0 Å². The highest BCUT2D eigenvalue weighted by molar-refractivity contribution is 5.44. The van der Waals surface area contributed by atoms with Gasteiger partial charge in [0, 0.05) is 0 Å². The third-order valence-corrected chi connectivity index (χ3v) is 1.82. The van der Waals surface area contributed by atoms with Crippen LogP contribution in [0.25, 0.3) is 0 Å². The molecule has 1 aliphatic carbocycles. The monoisotopic (exact) mass is 197 g/mol. The predicted molar refractivity (Wildman–Crippen MR) is 52.1 cm³/mol. The first-order valence-electron chi connectivity index (χ1n) is 4.31. The molecule has 78 valence electrons. The summed E-state index contributed by atoms with van der Waals surface area (Å²) >= 11 is 0. The molecule has 0 bridgehead atoms. The SMILES string of the molecule is CON(OC)OC.c1ccc2c(c1)C2. The Morgan fingerprint density at radius 3 is 1.57 bits per heavy atom. The molecule has 0 aromatic heterocycles. The van der Waals surface area contributed by atoms with E-state index in [9.17, 15) is 0 Å². The molecule has 0 aliphatic heterocycles. The van der Waals surface area contributed by atoms with E-state index in [2.05, 4.69) is 38.8 Å². The Balaban J connectivity index is 0.000000140. The van der Waals surface area contributed by atoms with Crippen LogP contribution >= 0.6 is 0 Å². The zero-order chi connectivity index (χ0) is 10.4. The minimum atomic E-state index is 0.875. The summed E-state index contributed by atoms with van der Waals surface area (Å²) < 4.78 is 0. The van der Waals surface area contributed by atoms with Gasteiger partial charge in [-0.25, -0.2) is 0 Å². The van der Waals surface area contributed by atoms with Gasteiger partial charge < -0.3 is 0 Å². The Bertz CT molecular complexity index is 247. The second-order valence-electron chi connectivity index (χ2n) is 2.72. The molecule has 0 unspecified atom stereocenters. The Morgan fingerprint density at radius 2 is 1.36 bits per heavy atom. The largest absolute Gasteiger partial charge is 0.254 e. The third kappa shape index (κ3) is 3.43. The van der Waals surface area contributed by atoms with Gasteiger partial charge in [-0.3, -0.25) is 14.5 Å². The standard InChI is InChI=1S/C7H6.C3H9NO3/c1-2-4-7-5-6(7)3-1;1-5-4(6-2)7-3/h1-4H,5H2;1-3H3. The van der Waals surface area contributed by atoms with E-state index in [-0.39, 0.29) is 0 Å². The topological polar surface area (TPSA) is 30.9 Å². The molecule has 1 aromatic carbocycles. The highest BCUT2D eigenvalue weighted by Crippen LogP contribution is 2.25. The second-order valence-corrected chi connectivity index (χ2v) is 2.72. The molecule has 1 aromatic rings. The van der Waals surface area contributed by atoms with Gasteiger partial charge >= 0.3 is 0 Å². The first-order valence-corrected chi connectivity index (χ1v) is 4.31. The molecule has 0 radical (unpaired) electrons. The summed E-state index contributed by atoms with van der Waals surface area (Å²) in [5.41, 5.74) is 3.06. The molecule has 0 spiro atoms. The van der Waals surface area contributed by atoms with Crippen molar-refractivity contribution >= 4 is 0 Å². The lowest BCUT2D eigenvalue weighted by molar-refractivity contribution is -0.502. The second kappa shape index (κ2) is 5.72. The molecule has 14 heavy (non-hydrogen) atoms. The fourth-order valence-electron chi connectivity index (χ4n) is 1.06. The fraction of sp³-hybridized carbons (Fsp3) is 0.400. The van der Waals surface area contributed by atoms with Gasteiger partial charge in [-0.15, -0.1) is 0 Å². The summed E-state index contributed by atoms with van der Waals surface area (Å²) in [6, 6.07) is 8.53. The van der Waals surface area contributed by atoms with Crippen molar-refractivity contribution in [3.8, 4) is 0 Å². The summed E-state index contributed by atoms with van der Waals surface area (Å²) in [5.74, 6) is 0. The van der Waals surface area contributed by atoms with E-state index in [0.29, 0.717) is 0 Å². The van der Waals surface area contributed by atoms with Gasteiger partial charge in [-0.2, -0.15) is 0 Å². The van der Waals surface area contributed by atoms with Gasteiger partial charge in [0.2, 0.25) is 0 Å². The predicted octanol–water partition coefficient (Wildman–Crippen LogP) is 1.56. The van der Waals surface area contributed by atoms with Crippen molar-refractivity contribution in [2.24, 2.45) is 0 Å². The molecule has 2 rings (SSSR count). The first kappa shape index (κ1) is 11.1. The van der Waals surface area contributed by atoms with Crippen molar-refractivity contribution in [2.45, 2.75) is 6.42 Å². The molecular formula is C10H15NO3. The molecule has 0 heterocycles. The number of hydrogen-bond acceptors (Lipinski definition) is 4. The Kier molecular flexibility index (Phi) is 4.55. The van der Waals surface area contributed by atoms with Crippen LogP contribution in [0.1, 0.15) is 11.1 Å². The van der Waals surface area contributed by atoms with Crippen LogP contribution in [0, 0.1) is 0 Å².